The highest BCUT2D eigenvalue weighted by Gasteiger charge is 2.18. The lowest BCUT2D eigenvalue weighted by molar-refractivity contribution is 0.113. The third kappa shape index (κ3) is 6.16. The average Bonchev–Trinajstić information content (AvgIpc) is 2.23. The van der Waals surface area contributed by atoms with Gasteiger partial charge in [0.05, 0.1) is 6.10 Å². The molecule has 2 N–H and O–H groups in total. The van der Waals surface area contributed by atoms with Gasteiger partial charge in [0.2, 0.25) is 0 Å². The third-order valence-electron chi connectivity index (χ3n) is 3.37. The highest BCUT2D eigenvalue weighted by molar-refractivity contribution is 4.77. The van der Waals surface area contributed by atoms with Crippen LogP contribution >= 0.6 is 0 Å². The van der Waals surface area contributed by atoms with E-state index >= 15 is 0 Å². The van der Waals surface area contributed by atoms with E-state index in [0.29, 0.717) is 6.04 Å². The van der Waals surface area contributed by atoms with Gasteiger partial charge in [0.1, 0.15) is 0 Å². The summed E-state index contributed by atoms with van der Waals surface area (Å²) < 4.78 is 0. The van der Waals surface area contributed by atoms with Crippen LogP contribution in [-0.4, -0.2) is 23.8 Å². The van der Waals surface area contributed by atoms with Gasteiger partial charge >= 0.3 is 0 Å². The molecule has 2 atom stereocenters. The molecule has 1 rings (SSSR count). The van der Waals surface area contributed by atoms with Crippen LogP contribution in [0.2, 0.25) is 0 Å². The maximum Gasteiger partial charge on any atom is 0.0567 e. The average molecular weight is 213 g/mol. The van der Waals surface area contributed by atoms with Crippen LogP contribution in [0.3, 0.4) is 0 Å². The van der Waals surface area contributed by atoms with E-state index in [0.717, 1.165) is 19.4 Å². The zero-order chi connectivity index (χ0) is 10.9. The van der Waals surface area contributed by atoms with Crippen LogP contribution in [0.5, 0.6) is 0 Å². The van der Waals surface area contributed by atoms with Gasteiger partial charge in [-0.15, -0.1) is 0 Å². The van der Waals surface area contributed by atoms with E-state index < -0.39 is 0 Å². The molecule has 0 saturated carbocycles. The molecule has 0 aromatic carbocycles. The Hall–Kier alpha value is -0.0800. The molecule has 0 aromatic heterocycles. The standard InChI is InChI=1S/C13H27NO/c1-2-3-4-5-6-7-8-12-11-13(15)9-10-14-12/h12-15H,2-11H2,1H3. The predicted molar refractivity (Wildman–Crippen MR) is 65.0 cm³/mol. The molecule has 2 heteroatoms. The zero-order valence-electron chi connectivity index (χ0n) is 10.2. The lowest BCUT2D eigenvalue weighted by Crippen LogP contribution is -2.40. The monoisotopic (exact) mass is 213 g/mol. The lowest BCUT2D eigenvalue weighted by Gasteiger charge is -2.27. The fraction of sp³-hybridized carbons (Fsp3) is 1.00. The molecule has 1 aliphatic heterocycles. The van der Waals surface area contributed by atoms with Crippen LogP contribution in [0.25, 0.3) is 0 Å². The summed E-state index contributed by atoms with van der Waals surface area (Å²) in [5.74, 6) is 0. The minimum absolute atomic E-state index is 0.0451. The van der Waals surface area contributed by atoms with Crippen molar-refractivity contribution in [3.63, 3.8) is 0 Å². The molecule has 0 spiro atoms. The second-order valence-corrected chi connectivity index (χ2v) is 4.89. The van der Waals surface area contributed by atoms with Crippen molar-refractivity contribution in [3.8, 4) is 0 Å². The van der Waals surface area contributed by atoms with Crippen LogP contribution in [-0.2, 0) is 0 Å². The van der Waals surface area contributed by atoms with Crippen molar-refractivity contribution in [2.75, 3.05) is 6.54 Å². The number of unbranched alkanes of at least 4 members (excludes halogenated alkanes) is 5. The topological polar surface area (TPSA) is 32.3 Å². The first-order valence-electron chi connectivity index (χ1n) is 6.74. The second-order valence-electron chi connectivity index (χ2n) is 4.89. The number of aliphatic hydroxyl groups is 1. The minimum atomic E-state index is -0.0451. The quantitative estimate of drug-likeness (QED) is 0.637. The number of nitrogens with one attached hydrogen (secondary N) is 1. The highest BCUT2D eigenvalue weighted by Crippen LogP contribution is 2.15. The molecule has 0 aliphatic carbocycles. The largest absolute Gasteiger partial charge is 0.393 e. The molecule has 0 bridgehead atoms. The number of hydrogen-bond donors (Lipinski definition) is 2. The predicted octanol–water partition coefficient (Wildman–Crippen LogP) is 2.85. The molecule has 0 amide bonds. The van der Waals surface area contributed by atoms with E-state index in [-0.39, 0.29) is 6.10 Å². The molecule has 90 valence electrons. The van der Waals surface area contributed by atoms with Gasteiger partial charge in [-0.05, 0) is 25.8 Å². The van der Waals surface area contributed by atoms with Crippen LogP contribution in [0.1, 0.15) is 64.7 Å². The Morgan fingerprint density at radius 2 is 1.87 bits per heavy atom. The molecule has 1 saturated heterocycles. The summed E-state index contributed by atoms with van der Waals surface area (Å²) in [6, 6.07) is 0.583. The molecule has 2 unspecified atom stereocenters. The van der Waals surface area contributed by atoms with E-state index in [1.54, 1.807) is 0 Å². The maximum atomic E-state index is 9.51. The van der Waals surface area contributed by atoms with Gasteiger partial charge in [-0.2, -0.15) is 0 Å². The molecule has 1 aliphatic rings. The summed E-state index contributed by atoms with van der Waals surface area (Å²) in [6.07, 6.45) is 11.3. The first-order chi connectivity index (χ1) is 7.33. The van der Waals surface area contributed by atoms with Gasteiger partial charge in [-0.25, -0.2) is 0 Å². The number of aliphatic hydroxyl groups excluding tert-OH is 1. The van der Waals surface area contributed by atoms with Crippen molar-refractivity contribution in [2.45, 2.75) is 76.9 Å². The molecule has 1 heterocycles. The van der Waals surface area contributed by atoms with Crippen molar-refractivity contribution < 1.29 is 5.11 Å². The molecule has 2 nitrogen and oxygen atoms in total. The Kier molecular flexibility index (Phi) is 7.03. The van der Waals surface area contributed by atoms with Crippen LogP contribution in [0.4, 0.5) is 0 Å². The first kappa shape index (κ1) is 13.0. The lowest BCUT2D eigenvalue weighted by atomic mass is 9.97. The highest BCUT2D eigenvalue weighted by atomic mass is 16.3. The van der Waals surface area contributed by atoms with Crippen molar-refractivity contribution in [2.24, 2.45) is 0 Å². The smallest absolute Gasteiger partial charge is 0.0567 e. The summed E-state index contributed by atoms with van der Waals surface area (Å²) in [6.45, 7) is 3.26. The number of hydrogen-bond acceptors (Lipinski definition) is 2. The molecular weight excluding hydrogens is 186 g/mol. The molecule has 1 fully saturated rings. The van der Waals surface area contributed by atoms with Crippen molar-refractivity contribution in [1.82, 2.24) is 5.32 Å². The maximum absolute atomic E-state index is 9.51. The third-order valence-corrected chi connectivity index (χ3v) is 3.37. The summed E-state index contributed by atoms with van der Waals surface area (Å²) >= 11 is 0. The normalized spacial score (nSPS) is 26.8. The van der Waals surface area contributed by atoms with Gasteiger partial charge in [-0.1, -0.05) is 45.4 Å². The fourth-order valence-corrected chi connectivity index (χ4v) is 2.37. The van der Waals surface area contributed by atoms with Crippen LogP contribution < -0.4 is 5.32 Å². The van der Waals surface area contributed by atoms with Gasteiger partial charge in [-0.3, -0.25) is 0 Å². The molecule has 0 radical (unpaired) electrons. The Morgan fingerprint density at radius 1 is 1.13 bits per heavy atom. The second kappa shape index (κ2) is 8.12. The van der Waals surface area contributed by atoms with Crippen molar-refractivity contribution in [1.29, 1.82) is 0 Å². The van der Waals surface area contributed by atoms with E-state index in [1.807, 2.05) is 0 Å². The summed E-state index contributed by atoms with van der Waals surface area (Å²) in [7, 11) is 0. The van der Waals surface area contributed by atoms with Gasteiger partial charge in [0, 0.05) is 6.04 Å². The van der Waals surface area contributed by atoms with E-state index in [9.17, 15) is 5.11 Å². The van der Waals surface area contributed by atoms with Gasteiger partial charge in [0.25, 0.3) is 0 Å². The van der Waals surface area contributed by atoms with Gasteiger partial charge in [0.15, 0.2) is 0 Å². The summed E-state index contributed by atoms with van der Waals surface area (Å²) in [5.41, 5.74) is 0. The summed E-state index contributed by atoms with van der Waals surface area (Å²) in [4.78, 5) is 0. The number of piperidine rings is 1. The van der Waals surface area contributed by atoms with E-state index in [1.165, 1.54) is 44.9 Å². The molecule has 15 heavy (non-hydrogen) atoms. The van der Waals surface area contributed by atoms with E-state index in [4.69, 9.17) is 0 Å². The SMILES string of the molecule is CCCCCCCCC1CC(O)CCN1. The fourth-order valence-electron chi connectivity index (χ4n) is 2.37. The Morgan fingerprint density at radius 3 is 2.60 bits per heavy atom. The van der Waals surface area contributed by atoms with E-state index in [2.05, 4.69) is 12.2 Å². The minimum Gasteiger partial charge on any atom is -0.393 e. The van der Waals surface area contributed by atoms with Crippen molar-refractivity contribution >= 4 is 0 Å². The zero-order valence-corrected chi connectivity index (χ0v) is 10.2. The van der Waals surface area contributed by atoms with Crippen LogP contribution in [0, 0.1) is 0 Å². The Balaban J connectivity index is 1.90. The first-order valence-corrected chi connectivity index (χ1v) is 6.74. The number of rotatable bonds is 7. The Bertz CT molecular complexity index is 149. The molecule has 0 aromatic rings. The van der Waals surface area contributed by atoms with Crippen LogP contribution in [0.15, 0.2) is 0 Å². The van der Waals surface area contributed by atoms with Crippen molar-refractivity contribution in [3.05, 3.63) is 0 Å². The molecular formula is C13H27NO. The summed E-state index contributed by atoms with van der Waals surface area (Å²) in [5, 5.41) is 13.0. The Labute approximate surface area is 94.5 Å². The van der Waals surface area contributed by atoms with Gasteiger partial charge < -0.3 is 10.4 Å².